The normalized spacial score (nSPS) is 11.8. The van der Waals surface area contributed by atoms with E-state index in [2.05, 4.69) is 15.9 Å². The van der Waals surface area contributed by atoms with E-state index in [0.29, 0.717) is 0 Å². The summed E-state index contributed by atoms with van der Waals surface area (Å²) in [6.45, 7) is 4.03. The molecule has 0 fully saturated rings. The summed E-state index contributed by atoms with van der Waals surface area (Å²) < 4.78 is 25.7. The van der Waals surface area contributed by atoms with Crippen molar-refractivity contribution in [2.75, 3.05) is 5.33 Å². The van der Waals surface area contributed by atoms with Gasteiger partial charge in [-0.25, -0.2) is 8.78 Å². The lowest BCUT2D eigenvalue weighted by Gasteiger charge is -2.24. The van der Waals surface area contributed by atoms with Crippen LogP contribution in [0.5, 0.6) is 0 Å². The first kappa shape index (κ1) is 11.6. The number of alkyl halides is 1. The van der Waals surface area contributed by atoms with Crippen LogP contribution in [0, 0.1) is 11.6 Å². The first-order valence-corrected chi connectivity index (χ1v) is 5.61. The third kappa shape index (κ3) is 2.53. The maximum Gasteiger partial charge on any atom is 0.159 e. The molecule has 0 unspecified atom stereocenters. The molecule has 1 rings (SSSR count). The molecule has 0 aliphatic carbocycles. The van der Waals surface area contributed by atoms with Crippen molar-refractivity contribution in [1.82, 2.24) is 0 Å². The van der Waals surface area contributed by atoms with Crippen molar-refractivity contribution in [2.45, 2.75) is 25.7 Å². The Morgan fingerprint density at radius 2 is 1.86 bits per heavy atom. The first-order valence-electron chi connectivity index (χ1n) is 4.49. The highest BCUT2D eigenvalue weighted by molar-refractivity contribution is 9.09. The molecule has 0 aliphatic heterocycles. The van der Waals surface area contributed by atoms with Crippen LogP contribution in [0.4, 0.5) is 8.78 Å². The van der Waals surface area contributed by atoms with Gasteiger partial charge in [0.2, 0.25) is 0 Å². The first-order chi connectivity index (χ1) is 6.47. The van der Waals surface area contributed by atoms with Crippen LogP contribution in [0.1, 0.15) is 25.8 Å². The van der Waals surface area contributed by atoms with Crippen LogP contribution >= 0.6 is 15.9 Å². The van der Waals surface area contributed by atoms with Crippen LogP contribution in [-0.2, 0) is 5.41 Å². The minimum atomic E-state index is -0.789. The van der Waals surface area contributed by atoms with Gasteiger partial charge in [0.1, 0.15) is 0 Å². The lowest BCUT2D eigenvalue weighted by molar-refractivity contribution is 0.482. The molecule has 0 saturated carbocycles. The number of benzene rings is 1. The predicted octanol–water partition coefficient (Wildman–Crippen LogP) is 4.03. The molecule has 0 aromatic heterocycles. The monoisotopic (exact) mass is 262 g/mol. The van der Waals surface area contributed by atoms with E-state index in [4.69, 9.17) is 0 Å². The quantitative estimate of drug-likeness (QED) is 0.722. The summed E-state index contributed by atoms with van der Waals surface area (Å²) in [7, 11) is 0. The second kappa shape index (κ2) is 4.39. The minimum Gasteiger partial charge on any atom is -0.204 e. The van der Waals surface area contributed by atoms with Gasteiger partial charge in [0.15, 0.2) is 11.6 Å². The molecule has 0 aliphatic rings. The second-order valence-corrected chi connectivity index (χ2v) is 4.74. The molecule has 1 aromatic rings. The Morgan fingerprint density at radius 1 is 1.21 bits per heavy atom. The fourth-order valence-electron chi connectivity index (χ4n) is 1.30. The molecule has 0 radical (unpaired) electrons. The molecule has 0 saturated heterocycles. The van der Waals surface area contributed by atoms with Crippen LogP contribution in [0.3, 0.4) is 0 Å². The van der Waals surface area contributed by atoms with Crippen molar-refractivity contribution in [3.05, 3.63) is 35.4 Å². The molecule has 1 aromatic carbocycles. The summed E-state index contributed by atoms with van der Waals surface area (Å²) in [5, 5.41) is 0.846. The van der Waals surface area contributed by atoms with Gasteiger partial charge < -0.3 is 0 Å². The zero-order valence-electron chi connectivity index (χ0n) is 8.28. The predicted molar refractivity (Wildman–Crippen MR) is 57.8 cm³/mol. The smallest absolute Gasteiger partial charge is 0.159 e. The molecule has 0 bridgehead atoms. The maximum absolute atomic E-state index is 13.0. The molecule has 0 spiro atoms. The molecule has 0 N–H and O–H groups in total. The Morgan fingerprint density at radius 3 is 2.36 bits per heavy atom. The van der Waals surface area contributed by atoms with Crippen molar-refractivity contribution in [3.8, 4) is 0 Å². The third-order valence-corrected chi connectivity index (χ3v) is 2.82. The fourth-order valence-corrected chi connectivity index (χ4v) is 2.29. The highest BCUT2D eigenvalue weighted by atomic mass is 79.9. The Hall–Kier alpha value is -0.440. The lowest BCUT2D eigenvalue weighted by atomic mass is 9.82. The topological polar surface area (TPSA) is 0 Å². The van der Waals surface area contributed by atoms with Gasteiger partial charge in [0.25, 0.3) is 0 Å². The Bertz CT molecular complexity index is 321. The van der Waals surface area contributed by atoms with Gasteiger partial charge in [-0.1, -0.05) is 35.8 Å². The summed E-state index contributed by atoms with van der Waals surface area (Å²) in [4.78, 5) is 0. The van der Waals surface area contributed by atoms with Gasteiger partial charge in [0.05, 0.1) is 0 Å². The average molecular weight is 263 g/mol. The SMILES string of the molecule is CC(C)(CCBr)c1ccc(F)c(F)c1. The average Bonchev–Trinajstić information content (AvgIpc) is 2.09. The zero-order valence-corrected chi connectivity index (χ0v) is 9.87. The van der Waals surface area contributed by atoms with Gasteiger partial charge in [-0.3, -0.25) is 0 Å². The van der Waals surface area contributed by atoms with Gasteiger partial charge in [-0.05, 0) is 29.5 Å². The number of hydrogen-bond donors (Lipinski definition) is 0. The van der Waals surface area contributed by atoms with Gasteiger partial charge in [-0.2, -0.15) is 0 Å². The molecular formula is C11H13BrF2. The highest BCUT2D eigenvalue weighted by Crippen LogP contribution is 2.28. The molecule has 78 valence electrons. The van der Waals surface area contributed by atoms with Crippen LogP contribution in [0.25, 0.3) is 0 Å². The standard InChI is InChI=1S/C11H13BrF2/c1-11(2,5-6-12)8-3-4-9(13)10(14)7-8/h3-4,7H,5-6H2,1-2H3. The van der Waals surface area contributed by atoms with Crippen molar-refractivity contribution in [2.24, 2.45) is 0 Å². The number of hydrogen-bond acceptors (Lipinski definition) is 0. The third-order valence-electron chi connectivity index (χ3n) is 2.42. The highest BCUT2D eigenvalue weighted by Gasteiger charge is 2.20. The van der Waals surface area contributed by atoms with E-state index in [9.17, 15) is 8.78 Å². The van der Waals surface area contributed by atoms with Gasteiger partial charge >= 0.3 is 0 Å². The molecule has 0 atom stereocenters. The summed E-state index contributed by atoms with van der Waals surface area (Å²) in [6, 6.07) is 4.10. The summed E-state index contributed by atoms with van der Waals surface area (Å²) in [5.41, 5.74) is 0.703. The van der Waals surface area contributed by atoms with E-state index in [-0.39, 0.29) is 5.41 Å². The van der Waals surface area contributed by atoms with Crippen LogP contribution in [-0.4, -0.2) is 5.33 Å². The van der Waals surface area contributed by atoms with E-state index in [0.717, 1.165) is 17.3 Å². The van der Waals surface area contributed by atoms with Crippen molar-refractivity contribution in [3.63, 3.8) is 0 Å². The van der Waals surface area contributed by atoms with Crippen molar-refractivity contribution in [1.29, 1.82) is 0 Å². The number of halogens is 3. The molecule has 0 heterocycles. The van der Waals surface area contributed by atoms with E-state index in [1.54, 1.807) is 6.07 Å². The molecule has 14 heavy (non-hydrogen) atoms. The van der Waals surface area contributed by atoms with E-state index in [1.165, 1.54) is 12.1 Å². The summed E-state index contributed by atoms with van der Waals surface area (Å²) in [6.07, 6.45) is 0.887. The maximum atomic E-state index is 13.0. The number of rotatable bonds is 3. The Labute approximate surface area is 91.5 Å². The molecular weight excluding hydrogens is 250 g/mol. The Balaban J connectivity index is 3.01. The second-order valence-electron chi connectivity index (χ2n) is 3.95. The minimum absolute atomic E-state index is 0.127. The van der Waals surface area contributed by atoms with Gasteiger partial charge in [0, 0.05) is 5.33 Å². The lowest BCUT2D eigenvalue weighted by Crippen LogP contribution is -2.18. The van der Waals surface area contributed by atoms with Crippen molar-refractivity contribution >= 4 is 15.9 Å². The summed E-state index contributed by atoms with van der Waals surface area (Å²) in [5.74, 6) is -1.56. The van der Waals surface area contributed by atoms with E-state index < -0.39 is 11.6 Å². The molecule has 0 nitrogen and oxygen atoms in total. The van der Waals surface area contributed by atoms with Crippen LogP contribution in [0.15, 0.2) is 18.2 Å². The zero-order chi connectivity index (χ0) is 10.8. The molecule has 0 amide bonds. The van der Waals surface area contributed by atoms with Crippen LogP contribution < -0.4 is 0 Å². The van der Waals surface area contributed by atoms with E-state index >= 15 is 0 Å². The van der Waals surface area contributed by atoms with Crippen molar-refractivity contribution < 1.29 is 8.78 Å². The fraction of sp³-hybridized carbons (Fsp3) is 0.455. The molecule has 3 heteroatoms. The van der Waals surface area contributed by atoms with Gasteiger partial charge in [-0.15, -0.1) is 0 Å². The van der Waals surface area contributed by atoms with E-state index in [1.807, 2.05) is 13.8 Å². The Kier molecular flexibility index (Phi) is 3.65. The summed E-state index contributed by atoms with van der Waals surface area (Å²) >= 11 is 3.35. The van der Waals surface area contributed by atoms with Crippen LogP contribution in [0.2, 0.25) is 0 Å². The largest absolute Gasteiger partial charge is 0.204 e.